The molecule has 0 bridgehead atoms. The zero-order chi connectivity index (χ0) is 12.4. The van der Waals surface area contributed by atoms with Crippen molar-refractivity contribution in [3.05, 3.63) is 28.7 Å². The van der Waals surface area contributed by atoms with Crippen LogP contribution in [-0.4, -0.2) is 29.8 Å². The summed E-state index contributed by atoms with van der Waals surface area (Å²) in [5, 5.41) is 3.65. The number of anilines is 1. The zero-order valence-corrected chi connectivity index (χ0v) is 12.7. The van der Waals surface area contributed by atoms with Crippen molar-refractivity contribution in [1.82, 2.24) is 0 Å². The van der Waals surface area contributed by atoms with Crippen LogP contribution in [0, 0.1) is 0 Å². The summed E-state index contributed by atoms with van der Waals surface area (Å²) in [6.45, 7) is 0.898. The lowest BCUT2D eigenvalue weighted by Crippen LogP contribution is -2.44. The number of ether oxygens (including phenoxy) is 1. The number of benzene rings is 1. The molecule has 98 valence electrons. The van der Waals surface area contributed by atoms with Gasteiger partial charge < -0.3 is 10.1 Å². The van der Waals surface area contributed by atoms with Gasteiger partial charge in [-0.1, -0.05) is 15.9 Å². The Morgan fingerprint density at radius 3 is 2.89 bits per heavy atom. The van der Waals surface area contributed by atoms with Crippen molar-refractivity contribution in [2.75, 3.05) is 23.4 Å². The molecule has 2 saturated heterocycles. The minimum absolute atomic E-state index is 0.163. The van der Waals surface area contributed by atoms with Crippen molar-refractivity contribution >= 4 is 33.4 Å². The van der Waals surface area contributed by atoms with E-state index in [0.717, 1.165) is 23.9 Å². The van der Waals surface area contributed by atoms with Crippen LogP contribution < -0.4 is 5.32 Å². The molecule has 0 amide bonds. The maximum atomic E-state index is 6.05. The maximum absolute atomic E-state index is 6.05. The lowest BCUT2D eigenvalue weighted by molar-refractivity contribution is -0.0628. The van der Waals surface area contributed by atoms with Crippen molar-refractivity contribution in [3.8, 4) is 0 Å². The van der Waals surface area contributed by atoms with Crippen molar-refractivity contribution < 1.29 is 4.74 Å². The third kappa shape index (κ3) is 2.86. The van der Waals surface area contributed by atoms with E-state index in [9.17, 15) is 0 Å². The number of halogens is 1. The summed E-state index contributed by atoms with van der Waals surface area (Å²) >= 11 is 5.50. The highest BCUT2D eigenvalue weighted by atomic mass is 79.9. The van der Waals surface area contributed by atoms with Gasteiger partial charge in [-0.25, -0.2) is 0 Å². The molecular formula is C14H18BrNOS. The fourth-order valence-electron chi connectivity index (χ4n) is 2.80. The Balaban J connectivity index is 1.64. The Labute approximate surface area is 121 Å². The van der Waals surface area contributed by atoms with Crippen molar-refractivity contribution in [3.63, 3.8) is 0 Å². The van der Waals surface area contributed by atoms with Crippen LogP contribution in [0.15, 0.2) is 28.7 Å². The molecule has 3 rings (SSSR count). The average molecular weight is 328 g/mol. The lowest BCUT2D eigenvalue weighted by Gasteiger charge is -2.38. The zero-order valence-electron chi connectivity index (χ0n) is 10.3. The van der Waals surface area contributed by atoms with Crippen LogP contribution in [0.4, 0.5) is 5.69 Å². The predicted octanol–water partition coefficient (Wildman–Crippen LogP) is 3.92. The summed E-state index contributed by atoms with van der Waals surface area (Å²) in [6, 6.07) is 9.00. The summed E-state index contributed by atoms with van der Waals surface area (Å²) in [7, 11) is 0. The number of nitrogens with one attached hydrogen (secondary N) is 1. The van der Waals surface area contributed by atoms with Crippen LogP contribution in [0.1, 0.15) is 19.3 Å². The third-order valence-corrected chi connectivity index (χ3v) is 5.53. The fraction of sp³-hybridized carbons (Fsp3) is 0.571. The Morgan fingerprint density at radius 2 is 2.17 bits per heavy atom. The van der Waals surface area contributed by atoms with Gasteiger partial charge in [-0.3, -0.25) is 0 Å². The van der Waals surface area contributed by atoms with Gasteiger partial charge in [-0.15, -0.1) is 0 Å². The molecule has 2 atom stereocenters. The Hall–Kier alpha value is -0.190. The van der Waals surface area contributed by atoms with Crippen LogP contribution in [0.3, 0.4) is 0 Å². The van der Waals surface area contributed by atoms with Crippen molar-refractivity contribution in [2.45, 2.75) is 30.9 Å². The molecule has 0 radical (unpaired) electrons. The average Bonchev–Trinajstić information content (AvgIpc) is 2.80. The van der Waals surface area contributed by atoms with Crippen molar-refractivity contribution in [1.29, 1.82) is 0 Å². The minimum Gasteiger partial charge on any atom is -0.382 e. The van der Waals surface area contributed by atoms with E-state index in [2.05, 4.69) is 45.5 Å². The molecule has 1 aromatic rings. The van der Waals surface area contributed by atoms with Crippen LogP contribution in [0.2, 0.25) is 0 Å². The van der Waals surface area contributed by atoms with Crippen LogP contribution in [0.25, 0.3) is 0 Å². The quantitative estimate of drug-likeness (QED) is 0.889. The Kier molecular flexibility index (Phi) is 3.87. The van der Waals surface area contributed by atoms with Crippen molar-refractivity contribution in [2.24, 2.45) is 0 Å². The molecule has 2 fully saturated rings. The first kappa shape index (κ1) is 12.8. The molecule has 2 nitrogen and oxygen atoms in total. The number of hydrogen-bond donors (Lipinski definition) is 1. The Morgan fingerprint density at radius 1 is 1.33 bits per heavy atom. The monoisotopic (exact) mass is 327 g/mol. The minimum atomic E-state index is 0.163. The van der Waals surface area contributed by atoms with E-state index in [1.807, 2.05) is 11.8 Å². The molecule has 18 heavy (non-hydrogen) atoms. The predicted molar refractivity (Wildman–Crippen MR) is 81.4 cm³/mol. The molecule has 1 spiro atoms. The first-order valence-corrected chi connectivity index (χ1v) is 8.44. The second kappa shape index (κ2) is 5.43. The smallest absolute Gasteiger partial charge is 0.0799 e. The normalized spacial score (nSPS) is 31.7. The van der Waals surface area contributed by atoms with E-state index in [1.165, 1.54) is 23.6 Å². The molecular weight excluding hydrogens is 310 g/mol. The van der Waals surface area contributed by atoms with Crippen LogP contribution >= 0.6 is 27.7 Å². The molecule has 0 aromatic heterocycles. The molecule has 2 unspecified atom stereocenters. The molecule has 4 heteroatoms. The molecule has 1 N–H and O–H groups in total. The number of thioether (sulfide) groups is 1. The van der Waals surface area contributed by atoms with Gasteiger partial charge >= 0.3 is 0 Å². The van der Waals surface area contributed by atoms with Gasteiger partial charge in [0.1, 0.15) is 0 Å². The second-order valence-electron chi connectivity index (χ2n) is 5.18. The summed E-state index contributed by atoms with van der Waals surface area (Å²) < 4.78 is 7.17. The van der Waals surface area contributed by atoms with E-state index in [1.54, 1.807) is 0 Å². The first-order chi connectivity index (χ1) is 8.76. The largest absolute Gasteiger partial charge is 0.382 e. The summed E-state index contributed by atoms with van der Waals surface area (Å²) in [5.74, 6) is 2.43. The van der Waals surface area contributed by atoms with Gasteiger partial charge in [0.25, 0.3) is 0 Å². The Bertz CT molecular complexity index is 403. The number of rotatable bonds is 2. The van der Waals surface area contributed by atoms with Gasteiger partial charge in [-0.05, 0) is 49.3 Å². The van der Waals surface area contributed by atoms with E-state index < -0.39 is 0 Å². The summed E-state index contributed by atoms with van der Waals surface area (Å²) in [5.41, 5.74) is 1.38. The highest BCUT2D eigenvalue weighted by molar-refractivity contribution is 9.10. The van der Waals surface area contributed by atoms with Crippen LogP contribution in [-0.2, 0) is 4.74 Å². The van der Waals surface area contributed by atoms with E-state index in [-0.39, 0.29) is 5.60 Å². The summed E-state index contributed by atoms with van der Waals surface area (Å²) in [6.07, 6.45) is 3.48. The highest BCUT2D eigenvalue weighted by Crippen LogP contribution is 2.38. The molecule has 1 aromatic carbocycles. The van der Waals surface area contributed by atoms with Gasteiger partial charge in [0.2, 0.25) is 0 Å². The van der Waals surface area contributed by atoms with Gasteiger partial charge in [0.05, 0.1) is 5.60 Å². The third-order valence-electron chi connectivity index (χ3n) is 3.78. The van der Waals surface area contributed by atoms with Crippen LogP contribution in [0.5, 0.6) is 0 Å². The molecule has 2 heterocycles. The molecule has 2 aliphatic heterocycles. The van der Waals surface area contributed by atoms with Gasteiger partial charge in [0, 0.05) is 28.6 Å². The molecule has 2 aliphatic rings. The van der Waals surface area contributed by atoms with Gasteiger partial charge in [0.15, 0.2) is 0 Å². The standard InChI is InChI=1S/C14H18BrNOS/c15-11-1-3-12(4-2-11)16-13-5-7-17-14(9-13)6-8-18-10-14/h1-4,13,16H,5-10H2. The highest BCUT2D eigenvalue weighted by Gasteiger charge is 2.40. The molecule has 0 aliphatic carbocycles. The second-order valence-corrected chi connectivity index (χ2v) is 7.20. The topological polar surface area (TPSA) is 21.3 Å². The summed E-state index contributed by atoms with van der Waals surface area (Å²) in [4.78, 5) is 0. The fourth-order valence-corrected chi connectivity index (χ4v) is 4.44. The lowest BCUT2D eigenvalue weighted by atomic mass is 9.90. The SMILES string of the molecule is Brc1ccc(NC2CCOC3(CCSC3)C2)cc1. The van der Waals surface area contributed by atoms with E-state index in [0.29, 0.717) is 6.04 Å². The first-order valence-electron chi connectivity index (χ1n) is 6.50. The molecule has 0 saturated carbocycles. The number of hydrogen-bond acceptors (Lipinski definition) is 3. The van der Waals surface area contributed by atoms with Gasteiger partial charge in [-0.2, -0.15) is 11.8 Å². The maximum Gasteiger partial charge on any atom is 0.0799 e. The van der Waals surface area contributed by atoms with E-state index in [4.69, 9.17) is 4.74 Å². The van der Waals surface area contributed by atoms with E-state index >= 15 is 0 Å².